The van der Waals surface area contributed by atoms with Gasteiger partial charge in [0.1, 0.15) is 5.01 Å². The molecule has 0 fully saturated rings. The molecule has 2 N–H and O–H groups in total. The molecule has 4 nitrogen and oxygen atoms in total. The maximum atomic E-state index is 4.53. The third kappa shape index (κ3) is 5.36. The maximum Gasteiger partial charge on any atom is 0.191 e. The van der Waals surface area contributed by atoms with Crippen LogP contribution in [0.4, 0.5) is 0 Å². The van der Waals surface area contributed by atoms with Gasteiger partial charge in [0, 0.05) is 18.5 Å². The Morgan fingerprint density at radius 2 is 1.83 bits per heavy atom. The van der Waals surface area contributed by atoms with Crippen molar-refractivity contribution in [1.29, 1.82) is 0 Å². The summed E-state index contributed by atoms with van der Waals surface area (Å²) in [5.74, 6) is 0.820. The van der Waals surface area contributed by atoms with Crippen molar-refractivity contribution in [3.8, 4) is 0 Å². The molecule has 1 aromatic heterocycles. The zero-order valence-corrected chi connectivity index (χ0v) is 15.3. The van der Waals surface area contributed by atoms with Crippen molar-refractivity contribution in [2.45, 2.75) is 40.2 Å². The molecule has 5 heteroatoms. The van der Waals surface area contributed by atoms with Crippen molar-refractivity contribution < 1.29 is 0 Å². The van der Waals surface area contributed by atoms with Crippen LogP contribution in [0.2, 0.25) is 0 Å². The molecule has 0 aliphatic heterocycles. The topological polar surface area (TPSA) is 49.3 Å². The number of aliphatic imine (C=N–C) groups is 1. The second-order valence-electron chi connectivity index (χ2n) is 5.52. The van der Waals surface area contributed by atoms with Crippen molar-refractivity contribution in [3.63, 3.8) is 0 Å². The van der Waals surface area contributed by atoms with E-state index < -0.39 is 0 Å². The van der Waals surface area contributed by atoms with Crippen LogP contribution in [0.5, 0.6) is 0 Å². The van der Waals surface area contributed by atoms with Crippen LogP contribution < -0.4 is 10.6 Å². The lowest BCUT2D eigenvalue weighted by atomic mass is 10.1. The number of hydrogen-bond acceptors (Lipinski definition) is 3. The van der Waals surface area contributed by atoms with Crippen molar-refractivity contribution in [1.82, 2.24) is 15.6 Å². The van der Waals surface area contributed by atoms with E-state index in [1.165, 1.54) is 16.0 Å². The summed E-state index contributed by atoms with van der Waals surface area (Å²) in [5.41, 5.74) is 3.84. The number of aryl methyl sites for hydroxylation is 3. The second kappa shape index (κ2) is 8.67. The highest BCUT2D eigenvalue weighted by atomic mass is 32.1. The van der Waals surface area contributed by atoms with Crippen molar-refractivity contribution >= 4 is 17.3 Å². The molecular weight excluding hydrogens is 304 g/mol. The van der Waals surface area contributed by atoms with Gasteiger partial charge in [-0.2, -0.15) is 0 Å². The molecule has 0 atom stereocenters. The third-order valence-corrected chi connectivity index (χ3v) is 4.91. The van der Waals surface area contributed by atoms with Crippen molar-refractivity contribution in [3.05, 3.63) is 51.0 Å². The molecular formula is C18H26N4S. The van der Waals surface area contributed by atoms with E-state index in [9.17, 15) is 0 Å². The molecule has 0 aliphatic carbocycles. The molecule has 2 aromatic rings. The van der Waals surface area contributed by atoms with Crippen LogP contribution in [0.3, 0.4) is 0 Å². The van der Waals surface area contributed by atoms with Gasteiger partial charge in [-0.1, -0.05) is 31.2 Å². The van der Waals surface area contributed by atoms with Gasteiger partial charge < -0.3 is 10.6 Å². The van der Waals surface area contributed by atoms with Crippen LogP contribution in [0, 0.1) is 13.8 Å². The molecule has 23 heavy (non-hydrogen) atoms. The summed E-state index contributed by atoms with van der Waals surface area (Å²) in [6.07, 6.45) is 2.07. The smallest absolute Gasteiger partial charge is 0.191 e. The van der Waals surface area contributed by atoms with Crippen LogP contribution in [-0.4, -0.2) is 24.5 Å². The first kappa shape index (κ1) is 17.5. The predicted octanol–water partition coefficient (Wildman–Crippen LogP) is 3.23. The normalized spacial score (nSPS) is 11.6. The number of benzene rings is 1. The summed E-state index contributed by atoms with van der Waals surface area (Å²) >= 11 is 1.73. The average molecular weight is 331 g/mol. The largest absolute Gasteiger partial charge is 0.356 e. The number of hydrogen-bond donors (Lipinski definition) is 2. The maximum absolute atomic E-state index is 4.53. The van der Waals surface area contributed by atoms with Crippen LogP contribution in [0.25, 0.3) is 0 Å². The van der Waals surface area contributed by atoms with Crippen LogP contribution in [-0.2, 0) is 19.4 Å². The first-order chi connectivity index (χ1) is 11.1. The van der Waals surface area contributed by atoms with E-state index in [-0.39, 0.29) is 0 Å². The van der Waals surface area contributed by atoms with Gasteiger partial charge in [0.2, 0.25) is 0 Å². The minimum Gasteiger partial charge on any atom is -0.356 e. The van der Waals surface area contributed by atoms with Gasteiger partial charge in [-0.05, 0) is 37.8 Å². The molecule has 0 saturated heterocycles. The lowest BCUT2D eigenvalue weighted by Gasteiger charge is -2.11. The summed E-state index contributed by atoms with van der Waals surface area (Å²) in [6.45, 7) is 7.91. The first-order valence-corrected chi connectivity index (χ1v) is 8.89. The van der Waals surface area contributed by atoms with E-state index in [0.29, 0.717) is 6.54 Å². The summed E-state index contributed by atoms with van der Waals surface area (Å²) < 4.78 is 0. The number of aromatic nitrogens is 1. The molecule has 0 saturated carbocycles. The van der Waals surface area contributed by atoms with Crippen molar-refractivity contribution in [2.75, 3.05) is 13.6 Å². The van der Waals surface area contributed by atoms with Gasteiger partial charge in [-0.25, -0.2) is 4.98 Å². The standard InChI is InChI=1S/C18H26N4S/c1-5-15-6-8-16(9-7-15)10-11-20-18(19-4)21-12-17-22-13(2)14(3)23-17/h6-9H,5,10-12H2,1-4H3,(H2,19,20,21). The Morgan fingerprint density at radius 1 is 1.13 bits per heavy atom. The zero-order valence-electron chi connectivity index (χ0n) is 14.4. The van der Waals surface area contributed by atoms with E-state index in [1.54, 1.807) is 18.4 Å². The molecule has 0 bridgehead atoms. The van der Waals surface area contributed by atoms with Gasteiger partial charge in [0.15, 0.2) is 5.96 Å². The minimum absolute atomic E-state index is 0.713. The summed E-state index contributed by atoms with van der Waals surface area (Å²) in [4.78, 5) is 10.1. The Morgan fingerprint density at radius 3 is 2.39 bits per heavy atom. The monoisotopic (exact) mass is 330 g/mol. The molecule has 2 rings (SSSR count). The molecule has 0 radical (unpaired) electrons. The number of nitrogens with zero attached hydrogens (tertiary/aromatic N) is 2. The molecule has 0 amide bonds. The third-order valence-electron chi connectivity index (χ3n) is 3.84. The van der Waals surface area contributed by atoms with Gasteiger partial charge in [0.05, 0.1) is 12.2 Å². The zero-order chi connectivity index (χ0) is 16.7. The Labute approximate surface area is 143 Å². The van der Waals surface area contributed by atoms with E-state index in [1.807, 2.05) is 6.92 Å². The summed E-state index contributed by atoms with van der Waals surface area (Å²) in [6, 6.07) is 8.82. The minimum atomic E-state index is 0.713. The molecule has 0 spiro atoms. The highest BCUT2D eigenvalue weighted by Crippen LogP contribution is 2.15. The van der Waals surface area contributed by atoms with Crippen molar-refractivity contribution in [2.24, 2.45) is 4.99 Å². The van der Waals surface area contributed by atoms with Gasteiger partial charge in [0.25, 0.3) is 0 Å². The van der Waals surface area contributed by atoms with E-state index >= 15 is 0 Å². The molecule has 124 valence electrons. The van der Waals surface area contributed by atoms with E-state index in [4.69, 9.17) is 0 Å². The molecule has 0 unspecified atom stereocenters. The Balaban J connectivity index is 1.76. The number of rotatable bonds is 6. The van der Waals surface area contributed by atoms with E-state index in [2.05, 4.69) is 58.7 Å². The Hall–Kier alpha value is -1.88. The highest BCUT2D eigenvalue weighted by molar-refractivity contribution is 7.11. The quantitative estimate of drug-likeness (QED) is 0.631. The average Bonchev–Trinajstić information content (AvgIpc) is 2.89. The predicted molar refractivity (Wildman–Crippen MR) is 99.3 cm³/mol. The fourth-order valence-electron chi connectivity index (χ4n) is 2.26. The van der Waals surface area contributed by atoms with Crippen LogP contribution in [0.15, 0.2) is 29.3 Å². The van der Waals surface area contributed by atoms with E-state index in [0.717, 1.165) is 36.0 Å². The summed E-state index contributed by atoms with van der Waals surface area (Å²) in [5, 5.41) is 7.77. The van der Waals surface area contributed by atoms with Gasteiger partial charge >= 0.3 is 0 Å². The molecule has 0 aliphatic rings. The SMILES string of the molecule is CCc1ccc(CCNC(=NC)NCc2nc(C)c(C)s2)cc1. The second-order valence-corrected chi connectivity index (χ2v) is 6.81. The van der Waals surface area contributed by atoms with Gasteiger partial charge in [-0.3, -0.25) is 4.99 Å². The lowest BCUT2D eigenvalue weighted by molar-refractivity contribution is 0.790. The van der Waals surface area contributed by atoms with Crippen LogP contribution in [0.1, 0.15) is 33.6 Å². The fourth-order valence-corrected chi connectivity index (χ4v) is 3.14. The highest BCUT2D eigenvalue weighted by Gasteiger charge is 2.04. The fraction of sp³-hybridized carbons (Fsp3) is 0.444. The van der Waals surface area contributed by atoms with Gasteiger partial charge in [-0.15, -0.1) is 11.3 Å². The number of nitrogens with one attached hydrogen (secondary N) is 2. The first-order valence-electron chi connectivity index (χ1n) is 8.07. The number of thiazole rings is 1. The molecule has 1 aromatic carbocycles. The Kier molecular flexibility index (Phi) is 6.59. The molecule has 1 heterocycles. The summed E-state index contributed by atoms with van der Waals surface area (Å²) in [7, 11) is 1.80. The Bertz CT molecular complexity index is 624. The van der Waals surface area contributed by atoms with Crippen LogP contribution >= 0.6 is 11.3 Å². The number of guanidine groups is 1. The lowest BCUT2D eigenvalue weighted by Crippen LogP contribution is -2.37.